The molecule has 0 rings (SSSR count). The molecule has 0 N–H and O–H groups in total. The summed E-state index contributed by atoms with van der Waals surface area (Å²) in [5, 5.41) is 0. The zero-order valence-corrected chi connectivity index (χ0v) is 10.2. The number of rotatable bonds is 6. The van der Waals surface area contributed by atoms with E-state index in [4.69, 9.17) is 4.74 Å². The van der Waals surface area contributed by atoms with Crippen molar-refractivity contribution in [2.24, 2.45) is 5.92 Å². The van der Waals surface area contributed by atoms with E-state index in [1.165, 1.54) is 32.1 Å². The highest BCUT2D eigenvalue weighted by molar-refractivity contribution is 4.55. The van der Waals surface area contributed by atoms with Crippen LogP contribution < -0.4 is 0 Å². The zero-order chi connectivity index (χ0) is 10.5. The Morgan fingerprint density at radius 2 is 1.31 bits per heavy atom. The van der Waals surface area contributed by atoms with E-state index in [2.05, 4.69) is 27.7 Å². The minimum atomic E-state index is 0.806. The van der Waals surface area contributed by atoms with E-state index in [1.54, 1.807) is 7.11 Å². The molecule has 0 fully saturated rings. The Balaban J connectivity index is 0. The molecule has 0 radical (unpaired) electrons. The smallest absolute Gasteiger partial charge is 0.0490 e. The van der Waals surface area contributed by atoms with E-state index in [0.29, 0.717) is 0 Å². The van der Waals surface area contributed by atoms with E-state index < -0.39 is 0 Å². The average molecular weight is 188 g/mol. The van der Waals surface area contributed by atoms with Gasteiger partial charge in [0, 0.05) is 13.7 Å². The van der Waals surface area contributed by atoms with Crippen LogP contribution >= 0.6 is 0 Å². The van der Waals surface area contributed by atoms with Crippen molar-refractivity contribution in [1.82, 2.24) is 0 Å². The van der Waals surface area contributed by atoms with Gasteiger partial charge in [0.1, 0.15) is 0 Å². The molecule has 0 atom stereocenters. The number of methoxy groups -OCH3 is 1. The second-order valence-electron chi connectivity index (χ2n) is 3.61. The molecule has 0 aromatic rings. The fraction of sp³-hybridized carbons (Fsp3) is 1.00. The summed E-state index contributed by atoms with van der Waals surface area (Å²) in [6.07, 6.45) is 6.46. The Hall–Kier alpha value is -0.0400. The molecule has 0 bridgehead atoms. The van der Waals surface area contributed by atoms with E-state index in [1.807, 2.05) is 0 Å². The predicted molar refractivity (Wildman–Crippen MR) is 61.1 cm³/mol. The quantitative estimate of drug-likeness (QED) is 0.605. The van der Waals surface area contributed by atoms with Gasteiger partial charge in [0.05, 0.1) is 0 Å². The van der Waals surface area contributed by atoms with Crippen LogP contribution in [-0.2, 0) is 4.74 Å². The van der Waals surface area contributed by atoms with Crippen LogP contribution in [0.15, 0.2) is 0 Å². The largest absolute Gasteiger partial charge is 0.384 e. The highest BCUT2D eigenvalue weighted by Crippen LogP contribution is 2.12. The second-order valence-corrected chi connectivity index (χ2v) is 3.61. The monoisotopic (exact) mass is 188 g/mol. The lowest BCUT2D eigenvalue weighted by atomic mass is 10.00. The summed E-state index contributed by atoms with van der Waals surface area (Å²) in [5.41, 5.74) is 0. The molecule has 0 spiro atoms. The average Bonchev–Trinajstić information content (AvgIpc) is 2.07. The first-order valence-electron chi connectivity index (χ1n) is 5.75. The van der Waals surface area contributed by atoms with Gasteiger partial charge >= 0.3 is 0 Å². The summed E-state index contributed by atoms with van der Waals surface area (Å²) in [5.74, 6) is 0.806. The summed E-state index contributed by atoms with van der Waals surface area (Å²) in [4.78, 5) is 0. The van der Waals surface area contributed by atoms with Gasteiger partial charge in [-0.15, -0.1) is 0 Å². The topological polar surface area (TPSA) is 9.23 Å². The predicted octanol–water partition coefficient (Wildman–Crippen LogP) is 4.27. The standard InChI is InChI=1S/C9H20O.C3H8/c1-4-6-9(7-5-2)8-10-3;1-3-2/h9H,4-8H2,1-3H3;3H2,1-2H3. The van der Waals surface area contributed by atoms with E-state index in [9.17, 15) is 0 Å². The normalized spacial score (nSPS) is 9.69. The summed E-state index contributed by atoms with van der Waals surface area (Å²) < 4.78 is 5.11. The maximum absolute atomic E-state index is 5.11. The Labute approximate surface area is 84.9 Å². The molecule has 13 heavy (non-hydrogen) atoms. The molecular weight excluding hydrogens is 160 g/mol. The van der Waals surface area contributed by atoms with Crippen molar-refractivity contribution >= 4 is 0 Å². The van der Waals surface area contributed by atoms with E-state index >= 15 is 0 Å². The van der Waals surface area contributed by atoms with Crippen LogP contribution in [0.25, 0.3) is 0 Å². The van der Waals surface area contributed by atoms with Gasteiger partial charge < -0.3 is 4.74 Å². The summed E-state index contributed by atoms with van der Waals surface area (Å²) in [6.45, 7) is 9.66. The molecule has 1 nitrogen and oxygen atoms in total. The first-order valence-corrected chi connectivity index (χ1v) is 5.75. The first-order chi connectivity index (χ1) is 6.26. The fourth-order valence-corrected chi connectivity index (χ4v) is 1.36. The van der Waals surface area contributed by atoms with Gasteiger partial charge in [-0.1, -0.05) is 47.0 Å². The summed E-state index contributed by atoms with van der Waals surface area (Å²) in [6, 6.07) is 0. The van der Waals surface area contributed by atoms with Gasteiger partial charge in [0.2, 0.25) is 0 Å². The lowest BCUT2D eigenvalue weighted by Crippen LogP contribution is -2.07. The molecular formula is C12H28O. The highest BCUT2D eigenvalue weighted by atomic mass is 16.5. The Kier molecular flexibility index (Phi) is 17.2. The van der Waals surface area contributed by atoms with Crippen LogP contribution in [0.5, 0.6) is 0 Å². The van der Waals surface area contributed by atoms with Crippen molar-refractivity contribution in [1.29, 1.82) is 0 Å². The van der Waals surface area contributed by atoms with Crippen molar-refractivity contribution in [2.45, 2.75) is 59.8 Å². The van der Waals surface area contributed by atoms with Crippen molar-refractivity contribution in [2.75, 3.05) is 13.7 Å². The summed E-state index contributed by atoms with van der Waals surface area (Å²) >= 11 is 0. The van der Waals surface area contributed by atoms with Crippen molar-refractivity contribution in [3.05, 3.63) is 0 Å². The third-order valence-electron chi connectivity index (χ3n) is 1.80. The molecule has 0 heterocycles. The number of hydrogen-bond donors (Lipinski definition) is 0. The van der Waals surface area contributed by atoms with Gasteiger partial charge in [-0.25, -0.2) is 0 Å². The molecule has 0 aliphatic carbocycles. The Bertz CT molecular complexity index is 57.3. The Morgan fingerprint density at radius 1 is 0.923 bits per heavy atom. The molecule has 0 amide bonds. The minimum Gasteiger partial charge on any atom is -0.384 e. The van der Waals surface area contributed by atoms with E-state index in [-0.39, 0.29) is 0 Å². The third kappa shape index (κ3) is 14.8. The molecule has 1 heteroatoms. The van der Waals surface area contributed by atoms with Crippen molar-refractivity contribution < 1.29 is 4.74 Å². The van der Waals surface area contributed by atoms with Gasteiger partial charge in [-0.05, 0) is 18.8 Å². The third-order valence-corrected chi connectivity index (χ3v) is 1.80. The Morgan fingerprint density at radius 3 is 1.54 bits per heavy atom. The molecule has 0 unspecified atom stereocenters. The molecule has 0 saturated carbocycles. The van der Waals surface area contributed by atoms with Gasteiger partial charge in [0.15, 0.2) is 0 Å². The van der Waals surface area contributed by atoms with Gasteiger partial charge in [0.25, 0.3) is 0 Å². The maximum Gasteiger partial charge on any atom is 0.0490 e. The maximum atomic E-state index is 5.11. The van der Waals surface area contributed by atoms with Crippen molar-refractivity contribution in [3.8, 4) is 0 Å². The van der Waals surface area contributed by atoms with Crippen LogP contribution in [0.4, 0.5) is 0 Å². The zero-order valence-electron chi connectivity index (χ0n) is 10.2. The lowest BCUT2D eigenvalue weighted by Gasteiger charge is -2.12. The molecule has 82 valence electrons. The molecule has 0 aromatic carbocycles. The van der Waals surface area contributed by atoms with Crippen molar-refractivity contribution in [3.63, 3.8) is 0 Å². The molecule has 0 aliphatic rings. The SMILES string of the molecule is CCC.CCCC(CCC)COC. The van der Waals surface area contributed by atoms with Crippen LogP contribution in [0.3, 0.4) is 0 Å². The molecule has 0 aromatic heterocycles. The van der Waals surface area contributed by atoms with Gasteiger partial charge in [-0.3, -0.25) is 0 Å². The highest BCUT2D eigenvalue weighted by Gasteiger charge is 2.04. The lowest BCUT2D eigenvalue weighted by molar-refractivity contribution is 0.142. The number of ether oxygens (including phenoxy) is 1. The van der Waals surface area contributed by atoms with Gasteiger partial charge in [-0.2, -0.15) is 0 Å². The van der Waals surface area contributed by atoms with Crippen LogP contribution in [0.2, 0.25) is 0 Å². The van der Waals surface area contributed by atoms with Crippen LogP contribution in [0, 0.1) is 5.92 Å². The second kappa shape index (κ2) is 14.5. The first kappa shape index (κ1) is 15.4. The van der Waals surface area contributed by atoms with Crippen LogP contribution in [0.1, 0.15) is 59.8 Å². The minimum absolute atomic E-state index is 0.806. The van der Waals surface area contributed by atoms with E-state index in [0.717, 1.165) is 12.5 Å². The number of hydrogen-bond acceptors (Lipinski definition) is 1. The summed E-state index contributed by atoms with van der Waals surface area (Å²) in [7, 11) is 1.79. The molecule has 0 aliphatic heterocycles. The molecule has 0 saturated heterocycles. The van der Waals surface area contributed by atoms with Crippen LogP contribution in [-0.4, -0.2) is 13.7 Å². The fourth-order valence-electron chi connectivity index (χ4n) is 1.36.